The van der Waals surface area contributed by atoms with Crippen molar-refractivity contribution in [3.05, 3.63) is 71.3 Å². The van der Waals surface area contributed by atoms with Crippen molar-refractivity contribution in [3.63, 3.8) is 0 Å². The summed E-state index contributed by atoms with van der Waals surface area (Å²) >= 11 is 5.97. The molecule has 1 amide bonds. The van der Waals surface area contributed by atoms with Crippen LogP contribution in [0.15, 0.2) is 55.0 Å². The van der Waals surface area contributed by atoms with Crippen molar-refractivity contribution in [2.45, 2.75) is 50.7 Å². The lowest BCUT2D eigenvalue weighted by molar-refractivity contribution is -0.140. The van der Waals surface area contributed by atoms with E-state index in [1.165, 1.54) is 18.2 Å². The van der Waals surface area contributed by atoms with Gasteiger partial charge in [0.15, 0.2) is 5.75 Å². The molecule has 39 heavy (non-hydrogen) atoms. The third-order valence-corrected chi connectivity index (χ3v) is 7.24. The number of alkyl halides is 2. The molecule has 1 atom stereocenters. The Balaban J connectivity index is 1.61. The molecule has 0 spiro atoms. The van der Waals surface area contributed by atoms with Crippen LogP contribution in [-0.4, -0.2) is 62.9 Å². The Hall–Kier alpha value is -3.57. The molecule has 0 aliphatic carbocycles. The number of aliphatic carboxylic acids is 1. The second-order valence-corrected chi connectivity index (χ2v) is 10.2. The summed E-state index contributed by atoms with van der Waals surface area (Å²) in [5.41, 5.74) is 0.363. The van der Waals surface area contributed by atoms with Crippen molar-refractivity contribution in [2.75, 3.05) is 25.0 Å². The smallest absolute Gasteiger partial charge is 0.387 e. The molecule has 1 aliphatic heterocycles. The molecule has 12 heteroatoms. The first-order chi connectivity index (χ1) is 18.6. The number of likely N-dealkylation sites (tertiary alicyclic amines) is 1. The van der Waals surface area contributed by atoms with Crippen LogP contribution < -0.4 is 10.1 Å². The lowest BCUT2D eigenvalue weighted by Crippen LogP contribution is -2.54. The number of carboxylic acids is 1. The molecule has 0 bridgehead atoms. The zero-order valence-electron chi connectivity index (χ0n) is 21.6. The van der Waals surface area contributed by atoms with Crippen LogP contribution in [-0.2, 0) is 15.1 Å². The number of amides is 1. The number of carbonyl (C=O) groups is 2. The molecule has 3 heterocycles. The van der Waals surface area contributed by atoms with Crippen LogP contribution >= 0.6 is 11.6 Å². The standard InChI is InChI=1S/C27H30ClF2N5O4/c1-17(2)22-7-11-32-35(22)27(25(38)33-21-6-5-19(28)14-23(21)39-26(29)30)8-12-34(13-9-27)16-20(24(36)37)18-4-3-10-31-15-18/h3-7,10-11,14-15,17,20,26H,8-9,12-13,16H2,1-2H3,(H,33,38)(H,36,37)/t20-/m1/s1. The van der Waals surface area contributed by atoms with Gasteiger partial charge in [-0.2, -0.15) is 13.9 Å². The van der Waals surface area contributed by atoms with Crippen molar-refractivity contribution in [1.29, 1.82) is 0 Å². The number of carbonyl (C=O) groups excluding carboxylic acids is 1. The van der Waals surface area contributed by atoms with Gasteiger partial charge < -0.3 is 20.1 Å². The highest BCUT2D eigenvalue weighted by atomic mass is 35.5. The summed E-state index contributed by atoms with van der Waals surface area (Å²) in [6.45, 7) is 1.96. The summed E-state index contributed by atoms with van der Waals surface area (Å²) < 4.78 is 32.4. The summed E-state index contributed by atoms with van der Waals surface area (Å²) in [5, 5.41) is 17.3. The number of nitrogens with one attached hydrogen (secondary N) is 1. The molecule has 0 unspecified atom stereocenters. The van der Waals surface area contributed by atoms with Crippen LogP contribution in [0.4, 0.5) is 14.5 Å². The van der Waals surface area contributed by atoms with E-state index in [1.54, 1.807) is 35.4 Å². The Labute approximate surface area is 229 Å². The third kappa shape index (κ3) is 6.36. The van der Waals surface area contributed by atoms with E-state index < -0.39 is 29.9 Å². The number of pyridine rings is 1. The number of nitrogens with zero attached hydrogens (tertiary/aromatic N) is 4. The van der Waals surface area contributed by atoms with Crippen molar-refractivity contribution in [1.82, 2.24) is 19.7 Å². The Morgan fingerprint density at radius 3 is 2.54 bits per heavy atom. The quantitative estimate of drug-likeness (QED) is 0.360. The molecule has 3 aromatic rings. The highest BCUT2D eigenvalue weighted by Gasteiger charge is 2.46. The van der Waals surface area contributed by atoms with Gasteiger partial charge in [0.05, 0.1) is 11.6 Å². The molecule has 1 fully saturated rings. The van der Waals surface area contributed by atoms with E-state index in [1.807, 2.05) is 24.8 Å². The minimum absolute atomic E-state index is 0.0606. The molecule has 0 saturated carbocycles. The van der Waals surface area contributed by atoms with Crippen LogP contribution in [0.3, 0.4) is 0 Å². The molecule has 1 saturated heterocycles. The first-order valence-corrected chi connectivity index (χ1v) is 12.9. The van der Waals surface area contributed by atoms with E-state index in [4.69, 9.17) is 11.6 Å². The van der Waals surface area contributed by atoms with Gasteiger partial charge in [0.1, 0.15) is 5.54 Å². The van der Waals surface area contributed by atoms with Gasteiger partial charge in [0, 0.05) is 55.0 Å². The molecule has 208 valence electrons. The SMILES string of the molecule is CC(C)c1ccnn1C1(C(=O)Nc2ccc(Cl)cc2OC(F)F)CCN(C[C@@H](C(=O)O)c2cccnc2)CC1. The number of hydrogen-bond donors (Lipinski definition) is 2. The second-order valence-electron chi connectivity index (χ2n) is 9.81. The lowest BCUT2D eigenvalue weighted by atomic mass is 9.85. The zero-order valence-corrected chi connectivity index (χ0v) is 22.3. The van der Waals surface area contributed by atoms with Crippen molar-refractivity contribution < 1.29 is 28.2 Å². The van der Waals surface area contributed by atoms with E-state index in [0.29, 0.717) is 31.5 Å². The summed E-state index contributed by atoms with van der Waals surface area (Å²) in [6, 6.07) is 9.39. The lowest BCUT2D eigenvalue weighted by Gasteiger charge is -2.42. The minimum atomic E-state index is -3.10. The average Bonchev–Trinajstić information content (AvgIpc) is 3.40. The van der Waals surface area contributed by atoms with E-state index in [0.717, 1.165) is 5.69 Å². The Bertz CT molecular complexity index is 1300. The Morgan fingerprint density at radius 1 is 1.18 bits per heavy atom. The fraction of sp³-hybridized carbons (Fsp3) is 0.407. The topological polar surface area (TPSA) is 110 Å². The molecule has 1 aromatic carbocycles. The molecule has 1 aliphatic rings. The molecule has 2 N–H and O–H groups in total. The van der Waals surface area contributed by atoms with Gasteiger partial charge in [-0.15, -0.1) is 0 Å². The van der Waals surface area contributed by atoms with E-state index in [-0.39, 0.29) is 28.9 Å². The number of anilines is 1. The number of aromatic nitrogens is 3. The third-order valence-electron chi connectivity index (χ3n) is 7.01. The average molecular weight is 562 g/mol. The summed E-state index contributed by atoms with van der Waals surface area (Å²) in [7, 11) is 0. The van der Waals surface area contributed by atoms with E-state index >= 15 is 0 Å². The number of hydrogen-bond acceptors (Lipinski definition) is 6. The molecular weight excluding hydrogens is 532 g/mol. The molecule has 2 aromatic heterocycles. The van der Waals surface area contributed by atoms with Gasteiger partial charge in [-0.3, -0.25) is 19.3 Å². The van der Waals surface area contributed by atoms with Gasteiger partial charge in [0.2, 0.25) is 0 Å². The number of ether oxygens (including phenoxy) is 1. The Kier molecular flexibility index (Phi) is 8.81. The largest absolute Gasteiger partial charge is 0.481 e. The van der Waals surface area contributed by atoms with Crippen molar-refractivity contribution in [2.24, 2.45) is 0 Å². The predicted octanol–water partition coefficient (Wildman–Crippen LogP) is 4.95. The highest BCUT2D eigenvalue weighted by Crippen LogP contribution is 2.37. The van der Waals surface area contributed by atoms with Gasteiger partial charge in [0.25, 0.3) is 5.91 Å². The number of benzene rings is 1. The number of halogens is 3. The normalized spacial score (nSPS) is 16.3. The Morgan fingerprint density at radius 2 is 1.92 bits per heavy atom. The predicted molar refractivity (Wildman–Crippen MR) is 141 cm³/mol. The monoisotopic (exact) mass is 561 g/mol. The number of carboxylic acid groups (broad SMARTS) is 1. The van der Waals surface area contributed by atoms with Gasteiger partial charge in [-0.25, -0.2) is 0 Å². The summed E-state index contributed by atoms with van der Waals surface area (Å²) in [5.74, 6) is -2.36. The summed E-state index contributed by atoms with van der Waals surface area (Å²) in [6.07, 6.45) is 5.40. The maximum absolute atomic E-state index is 14.0. The van der Waals surface area contributed by atoms with Crippen LogP contribution in [0.2, 0.25) is 5.02 Å². The zero-order chi connectivity index (χ0) is 28.2. The molecule has 4 rings (SSSR count). The van der Waals surface area contributed by atoms with Crippen molar-refractivity contribution in [3.8, 4) is 5.75 Å². The maximum Gasteiger partial charge on any atom is 0.387 e. The first kappa shape index (κ1) is 28.4. The van der Waals surface area contributed by atoms with Crippen molar-refractivity contribution >= 4 is 29.2 Å². The van der Waals surface area contributed by atoms with E-state index in [2.05, 4.69) is 20.1 Å². The van der Waals surface area contributed by atoms with Gasteiger partial charge in [-0.1, -0.05) is 31.5 Å². The molecular formula is C27H30ClF2N5O4. The van der Waals surface area contributed by atoms with Crippen LogP contribution in [0.5, 0.6) is 5.75 Å². The number of rotatable bonds is 10. The van der Waals surface area contributed by atoms with Gasteiger partial charge in [-0.05, 0) is 48.6 Å². The van der Waals surface area contributed by atoms with Gasteiger partial charge >= 0.3 is 12.6 Å². The van der Waals surface area contributed by atoms with Crippen LogP contribution in [0.1, 0.15) is 49.8 Å². The maximum atomic E-state index is 14.0. The minimum Gasteiger partial charge on any atom is -0.481 e. The molecule has 0 radical (unpaired) electrons. The fourth-order valence-corrected chi connectivity index (χ4v) is 5.11. The number of piperidine rings is 1. The fourth-order valence-electron chi connectivity index (χ4n) is 4.95. The molecule has 9 nitrogen and oxygen atoms in total. The highest BCUT2D eigenvalue weighted by molar-refractivity contribution is 6.30. The first-order valence-electron chi connectivity index (χ1n) is 12.6. The van der Waals surface area contributed by atoms with Crippen LogP contribution in [0.25, 0.3) is 0 Å². The second kappa shape index (κ2) is 12.1. The summed E-state index contributed by atoms with van der Waals surface area (Å²) in [4.78, 5) is 32.1. The van der Waals surface area contributed by atoms with E-state index in [9.17, 15) is 23.5 Å². The van der Waals surface area contributed by atoms with Crippen LogP contribution in [0, 0.1) is 0 Å².